The van der Waals surface area contributed by atoms with Gasteiger partial charge >= 0.3 is 0 Å². The van der Waals surface area contributed by atoms with Crippen LogP contribution in [0.1, 0.15) is 16.7 Å². The number of nitrogen functional groups attached to an aromatic ring is 1. The van der Waals surface area contributed by atoms with Crippen molar-refractivity contribution in [3.8, 4) is 0 Å². The third-order valence-electron chi connectivity index (χ3n) is 3.32. The summed E-state index contributed by atoms with van der Waals surface area (Å²) in [5.41, 5.74) is 9.05. The van der Waals surface area contributed by atoms with E-state index in [1.165, 1.54) is 0 Å². The highest BCUT2D eigenvalue weighted by Crippen LogP contribution is 2.16. The van der Waals surface area contributed by atoms with Crippen LogP contribution in [0.25, 0.3) is 0 Å². The van der Waals surface area contributed by atoms with E-state index in [-0.39, 0.29) is 0 Å². The molecule has 0 radical (unpaired) electrons. The first-order valence-electron chi connectivity index (χ1n) is 6.80. The predicted octanol–water partition coefficient (Wildman–Crippen LogP) is 2.41. The van der Waals surface area contributed by atoms with E-state index in [0.717, 1.165) is 16.7 Å². The highest BCUT2D eigenvalue weighted by atomic mass is 32.2. The summed E-state index contributed by atoms with van der Waals surface area (Å²) >= 11 is 0. The van der Waals surface area contributed by atoms with Crippen molar-refractivity contribution in [2.75, 3.05) is 12.3 Å². The summed E-state index contributed by atoms with van der Waals surface area (Å²) in [6.07, 6.45) is 0.629. The van der Waals surface area contributed by atoms with Gasteiger partial charge in [0.2, 0.25) is 10.0 Å². The number of rotatable bonds is 5. The molecule has 0 saturated carbocycles. The largest absolute Gasteiger partial charge is 0.399 e. The quantitative estimate of drug-likeness (QED) is 0.833. The fourth-order valence-electron chi connectivity index (χ4n) is 2.09. The van der Waals surface area contributed by atoms with Gasteiger partial charge in [0.25, 0.3) is 0 Å². The maximum atomic E-state index is 12.3. The molecule has 0 spiro atoms. The molecule has 2 aromatic carbocycles. The molecule has 112 valence electrons. The predicted molar refractivity (Wildman–Crippen MR) is 85.7 cm³/mol. The third kappa shape index (κ3) is 4.06. The molecule has 21 heavy (non-hydrogen) atoms. The van der Waals surface area contributed by atoms with Crippen molar-refractivity contribution in [1.82, 2.24) is 4.72 Å². The number of aryl methyl sites for hydroxylation is 2. The van der Waals surface area contributed by atoms with Crippen molar-refractivity contribution in [2.45, 2.75) is 25.2 Å². The Bertz CT molecular complexity index is 722. The zero-order valence-corrected chi connectivity index (χ0v) is 13.1. The van der Waals surface area contributed by atoms with Crippen LogP contribution >= 0.6 is 0 Å². The molecule has 0 bridgehead atoms. The number of hydrogen-bond acceptors (Lipinski definition) is 3. The minimum Gasteiger partial charge on any atom is -0.399 e. The first kappa shape index (κ1) is 15.5. The van der Waals surface area contributed by atoms with Gasteiger partial charge in [0, 0.05) is 12.2 Å². The molecule has 0 aliphatic heterocycles. The Morgan fingerprint density at radius 3 is 2.38 bits per heavy atom. The van der Waals surface area contributed by atoms with Crippen molar-refractivity contribution in [3.05, 3.63) is 59.2 Å². The number of nitrogens with one attached hydrogen (secondary N) is 1. The number of benzene rings is 2. The van der Waals surface area contributed by atoms with Crippen LogP contribution in [0, 0.1) is 13.8 Å². The van der Waals surface area contributed by atoms with Crippen molar-refractivity contribution in [2.24, 2.45) is 0 Å². The number of anilines is 1. The number of hydrogen-bond donors (Lipinski definition) is 2. The van der Waals surface area contributed by atoms with Gasteiger partial charge < -0.3 is 5.73 Å². The molecule has 0 saturated heterocycles. The Balaban J connectivity index is 2.04. The van der Waals surface area contributed by atoms with E-state index in [4.69, 9.17) is 5.73 Å². The van der Waals surface area contributed by atoms with E-state index in [9.17, 15) is 8.42 Å². The van der Waals surface area contributed by atoms with E-state index < -0.39 is 10.0 Å². The molecule has 4 nitrogen and oxygen atoms in total. The van der Waals surface area contributed by atoms with E-state index in [1.807, 2.05) is 43.3 Å². The second kappa shape index (κ2) is 6.28. The molecular formula is C16H20N2O2S. The number of nitrogens with two attached hydrogens (primary N) is 1. The first-order valence-corrected chi connectivity index (χ1v) is 8.28. The maximum Gasteiger partial charge on any atom is 0.240 e. The van der Waals surface area contributed by atoms with Crippen LogP contribution in [0.5, 0.6) is 0 Å². The minimum absolute atomic E-state index is 0.347. The van der Waals surface area contributed by atoms with Gasteiger partial charge in [0.15, 0.2) is 0 Å². The zero-order chi connectivity index (χ0) is 15.5. The zero-order valence-electron chi connectivity index (χ0n) is 12.3. The van der Waals surface area contributed by atoms with Crippen LogP contribution < -0.4 is 10.5 Å². The molecule has 5 heteroatoms. The lowest BCUT2D eigenvalue weighted by molar-refractivity contribution is 0.581. The smallest absolute Gasteiger partial charge is 0.240 e. The lowest BCUT2D eigenvalue weighted by Crippen LogP contribution is -2.26. The van der Waals surface area contributed by atoms with Gasteiger partial charge in [0.1, 0.15) is 0 Å². The molecule has 3 N–H and O–H groups in total. The fourth-order valence-corrected chi connectivity index (χ4v) is 3.45. The third-order valence-corrected chi connectivity index (χ3v) is 4.92. The van der Waals surface area contributed by atoms with Crippen molar-refractivity contribution in [1.29, 1.82) is 0 Å². The summed E-state index contributed by atoms with van der Waals surface area (Å²) in [5, 5.41) is 0. The Morgan fingerprint density at radius 2 is 1.71 bits per heavy atom. The summed E-state index contributed by atoms with van der Waals surface area (Å²) in [7, 11) is -3.47. The average Bonchev–Trinajstić information content (AvgIpc) is 2.43. The van der Waals surface area contributed by atoms with Gasteiger partial charge in [-0.15, -0.1) is 0 Å². The van der Waals surface area contributed by atoms with Gasteiger partial charge in [-0.3, -0.25) is 0 Å². The minimum atomic E-state index is -3.47. The van der Waals surface area contributed by atoms with E-state index in [2.05, 4.69) is 4.72 Å². The molecule has 0 amide bonds. The summed E-state index contributed by atoms with van der Waals surface area (Å²) in [6, 6.07) is 12.9. The monoisotopic (exact) mass is 304 g/mol. The molecule has 0 aromatic heterocycles. The van der Waals surface area contributed by atoms with Crippen LogP contribution in [-0.4, -0.2) is 15.0 Å². The van der Waals surface area contributed by atoms with E-state index >= 15 is 0 Å². The van der Waals surface area contributed by atoms with Gasteiger partial charge in [-0.1, -0.05) is 24.3 Å². The maximum absolute atomic E-state index is 12.3. The Morgan fingerprint density at radius 1 is 1.05 bits per heavy atom. The molecule has 0 atom stereocenters. The summed E-state index contributed by atoms with van der Waals surface area (Å²) in [6.45, 7) is 4.04. The molecule has 0 fully saturated rings. The highest BCUT2D eigenvalue weighted by molar-refractivity contribution is 7.89. The fraction of sp³-hybridized carbons (Fsp3) is 0.250. The molecular weight excluding hydrogens is 284 g/mol. The lowest BCUT2D eigenvalue weighted by Gasteiger charge is -2.10. The van der Waals surface area contributed by atoms with Gasteiger partial charge in [-0.2, -0.15) is 0 Å². The van der Waals surface area contributed by atoms with E-state index in [0.29, 0.717) is 23.5 Å². The second-order valence-corrected chi connectivity index (χ2v) is 6.89. The Labute approximate surface area is 126 Å². The molecule has 0 unspecified atom stereocenters. The molecule has 0 heterocycles. The molecule has 2 rings (SSSR count). The van der Waals surface area contributed by atoms with Crippen LogP contribution in [0.4, 0.5) is 5.69 Å². The summed E-state index contributed by atoms with van der Waals surface area (Å²) in [4.78, 5) is 0.347. The molecule has 0 aliphatic rings. The van der Waals surface area contributed by atoms with Crippen LogP contribution in [0.15, 0.2) is 47.4 Å². The standard InChI is InChI=1S/C16H20N2O2S/c1-12-3-4-13(2)16(11-12)21(19,20)18-10-9-14-5-7-15(17)8-6-14/h3-8,11,18H,9-10,17H2,1-2H3. The first-order chi connectivity index (χ1) is 9.88. The Kier molecular flexibility index (Phi) is 4.65. The average molecular weight is 304 g/mol. The lowest BCUT2D eigenvalue weighted by atomic mass is 10.1. The summed E-state index contributed by atoms with van der Waals surface area (Å²) < 4.78 is 27.3. The van der Waals surface area contributed by atoms with Crippen molar-refractivity contribution in [3.63, 3.8) is 0 Å². The highest BCUT2D eigenvalue weighted by Gasteiger charge is 2.16. The molecule has 2 aromatic rings. The Hall–Kier alpha value is -1.85. The normalized spacial score (nSPS) is 11.5. The molecule has 0 aliphatic carbocycles. The van der Waals surface area contributed by atoms with Crippen molar-refractivity contribution < 1.29 is 8.42 Å². The van der Waals surface area contributed by atoms with Crippen molar-refractivity contribution >= 4 is 15.7 Å². The van der Waals surface area contributed by atoms with Crippen LogP contribution in [0.2, 0.25) is 0 Å². The van der Waals surface area contributed by atoms with Gasteiger partial charge in [-0.25, -0.2) is 13.1 Å². The SMILES string of the molecule is Cc1ccc(C)c(S(=O)(=O)NCCc2ccc(N)cc2)c1. The van der Waals surface area contributed by atoms with E-state index in [1.54, 1.807) is 13.0 Å². The second-order valence-electron chi connectivity index (χ2n) is 5.16. The number of sulfonamides is 1. The van der Waals surface area contributed by atoms with Gasteiger partial charge in [0.05, 0.1) is 4.90 Å². The van der Waals surface area contributed by atoms with Crippen LogP contribution in [0.3, 0.4) is 0 Å². The van der Waals surface area contributed by atoms with Gasteiger partial charge in [-0.05, 0) is 55.2 Å². The van der Waals surface area contributed by atoms with Crippen LogP contribution in [-0.2, 0) is 16.4 Å². The topological polar surface area (TPSA) is 72.2 Å². The summed E-state index contributed by atoms with van der Waals surface area (Å²) in [5.74, 6) is 0.